The molecule has 56 heavy (non-hydrogen) atoms. The molecule has 6 heteroatoms. The van der Waals surface area contributed by atoms with Crippen LogP contribution >= 0.6 is 10.0 Å². The Morgan fingerprint density at radius 3 is 1.68 bits per heavy atom. The zero-order chi connectivity index (χ0) is 37.4. The summed E-state index contributed by atoms with van der Waals surface area (Å²) in [6.07, 6.45) is 4.71. The Balaban J connectivity index is 1.00. The van der Waals surface area contributed by atoms with Crippen LogP contribution in [0.2, 0.25) is 0 Å². The zero-order valence-corrected chi connectivity index (χ0v) is 31.5. The van der Waals surface area contributed by atoms with E-state index < -0.39 is 10.0 Å². The maximum atomic E-state index is 6.67. The van der Waals surface area contributed by atoms with Gasteiger partial charge in [0.1, 0.15) is 22.7 Å². The summed E-state index contributed by atoms with van der Waals surface area (Å²) < 4.78 is 25.5. The highest BCUT2D eigenvalue weighted by Gasteiger charge is 2.32. The monoisotopic (exact) mass is 745 g/mol. The van der Waals surface area contributed by atoms with Crippen molar-refractivity contribution in [2.24, 2.45) is 0 Å². The Hall–Kier alpha value is -6.89. The zero-order valence-electron chi connectivity index (χ0n) is 30.7. The molecule has 270 valence electrons. The molecule has 0 aliphatic carbocycles. The van der Waals surface area contributed by atoms with Crippen molar-refractivity contribution in [2.45, 2.75) is 9.79 Å². The molecule has 0 saturated heterocycles. The first-order valence-electron chi connectivity index (χ1n) is 18.6. The molecule has 0 amide bonds. The van der Waals surface area contributed by atoms with Crippen molar-refractivity contribution in [1.82, 2.24) is 0 Å². The van der Waals surface area contributed by atoms with Crippen molar-refractivity contribution in [1.29, 1.82) is 0 Å². The molecule has 3 heterocycles. The van der Waals surface area contributed by atoms with Crippen molar-refractivity contribution in [3.05, 3.63) is 176 Å². The largest absolute Gasteiger partial charge is 0.456 e. The lowest BCUT2D eigenvalue weighted by Gasteiger charge is -2.39. The fourth-order valence-corrected chi connectivity index (χ4v) is 10.4. The number of rotatable bonds is 5. The number of furan rings is 1. The first-order chi connectivity index (χ1) is 27.5. The van der Waals surface area contributed by atoms with Gasteiger partial charge in [0.15, 0.2) is 23.0 Å². The van der Waals surface area contributed by atoms with E-state index in [4.69, 9.17) is 18.6 Å². The minimum atomic E-state index is -1.25. The fraction of sp³-hybridized carbons (Fsp3) is 0.0400. The number of fused-ring (bicyclic) bond motifs is 7. The molecule has 0 radical (unpaired) electrons. The van der Waals surface area contributed by atoms with E-state index in [0.29, 0.717) is 23.0 Å². The molecule has 0 unspecified atom stereocenters. The summed E-state index contributed by atoms with van der Waals surface area (Å²) in [7, 11) is -1.25. The van der Waals surface area contributed by atoms with Gasteiger partial charge in [-0.3, -0.25) is 0 Å². The summed E-state index contributed by atoms with van der Waals surface area (Å²) in [4.78, 5) is 4.84. The predicted molar refractivity (Wildman–Crippen MR) is 228 cm³/mol. The van der Waals surface area contributed by atoms with Gasteiger partial charge in [0, 0.05) is 48.8 Å². The molecule has 5 nitrogen and oxygen atoms in total. The van der Waals surface area contributed by atoms with E-state index >= 15 is 0 Å². The van der Waals surface area contributed by atoms with Crippen molar-refractivity contribution in [2.75, 3.05) is 17.4 Å². The molecular formula is C50H35NO4S. The topological polar surface area (TPSA) is 44.1 Å². The Morgan fingerprint density at radius 2 is 0.929 bits per heavy atom. The second-order valence-electron chi connectivity index (χ2n) is 14.5. The highest BCUT2D eigenvalue weighted by atomic mass is 32.3. The van der Waals surface area contributed by atoms with Crippen LogP contribution < -0.4 is 19.1 Å². The Bertz CT molecular complexity index is 2980. The van der Waals surface area contributed by atoms with E-state index in [9.17, 15) is 0 Å². The van der Waals surface area contributed by atoms with Gasteiger partial charge in [-0.25, -0.2) is 0 Å². The maximum Gasteiger partial charge on any atom is 0.177 e. The third kappa shape index (κ3) is 5.18. The lowest BCUT2D eigenvalue weighted by Crippen LogP contribution is -2.10. The Morgan fingerprint density at radius 1 is 0.393 bits per heavy atom. The normalized spacial score (nSPS) is 14.0. The fourth-order valence-electron chi connectivity index (χ4n) is 8.09. The van der Waals surface area contributed by atoms with Gasteiger partial charge in [0.2, 0.25) is 0 Å². The molecule has 0 bridgehead atoms. The van der Waals surface area contributed by atoms with Crippen LogP contribution in [0.1, 0.15) is 0 Å². The van der Waals surface area contributed by atoms with Crippen LogP contribution in [0, 0.1) is 0 Å². The first kappa shape index (κ1) is 32.5. The minimum absolute atomic E-state index is 0.701. The summed E-state index contributed by atoms with van der Waals surface area (Å²) >= 11 is 0. The molecule has 2 aliphatic rings. The van der Waals surface area contributed by atoms with Crippen LogP contribution in [0.5, 0.6) is 34.5 Å². The van der Waals surface area contributed by atoms with E-state index in [1.807, 2.05) is 48.5 Å². The van der Waals surface area contributed by atoms with E-state index in [1.54, 1.807) is 0 Å². The van der Waals surface area contributed by atoms with Crippen LogP contribution in [-0.4, -0.2) is 12.5 Å². The highest BCUT2D eigenvalue weighted by molar-refractivity contribution is 8.32. The summed E-state index contributed by atoms with van der Waals surface area (Å²) in [6.45, 7) is 0. The van der Waals surface area contributed by atoms with Crippen LogP contribution in [0.4, 0.5) is 17.1 Å². The van der Waals surface area contributed by atoms with Gasteiger partial charge < -0.3 is 23.5 Å². The number of anilines is 3. The second-order valence-corrected chi connectivity index (χ2v) is 18.0. The lowest BCUT2D eigenvalue weighted by atomic mass is 10.0. The average molecular weight is 746 g/mol. The molecule has 9 aromatic rings. The highest BCUT2D eigenvalue weighted by Crippen LogP contribution is 2.67. The van der Waals surface area contributed by atoms with E-state index in [-0.39, 0.29) is 0 Å². The average Bonchev–Trinajstić information content (AvgIpc) is 3.61. The van der Waals surface area contributed by atoms with Crippen molar-refractivity contribution in [3.63, 3.8) is 0 Å². The predicted octanol–water partition coefficient (Wildman–Crippen LogP) is 14.9. The van der Waals surface area contributed by atoms with Crippen LogP contribution in [-0.2, 0) is 0 Å². The van der Waals surface area contributed by atoms with Crippen LogP contribution in [0.25, 0.3) is 44.2 Å². The molecular weight excluding hydrogens is 711 g/mol. The Labute approximate surface area is 326 Å². The third-order valence-electron chi connectivity index (χ3n) is 10.9. The molecule has 0 saturated carbocycles. The van der Waals surface area contributed by atoms with E-state index in [1.165, 1.54) is 9.79 Å². The van der Waals surface area contributed by atoms with E-state index in [0.717, 1.165) is 72.8 Å². The van der Waals surface area contributed by atoms with Gasteiger partial charge in [0.25, 0.3) is 0 Å². The summed E-state index contributed by atoms with van der Waals surface area (Å²) in [6, 6.07) is 60.9. The standard InChI is InChI=1S/C50H35NO4S/c1-56(2)47-19-8-7-17-45(47)55-50-38(13-10-20-48(50)56)33-23-27-35(28-24-33)51(36-29-30-42-40(31-36)39-11-3-4-14-41(39)52-42)34-25-21-32(22-26-34)37-12-9-18-46-49(37)54-44-16-6-5-15-43(44)53-46/h3-31H,1-2H3. The van der Waals surface area contributed by atoms with Crippen molar-refractivity contribution >= 4 is 49.0 Å². The number of para-hydroxylation sites is 6. The molecule has 8 aromatic carbocycles. The van der Waals surface area contributed by atoms with Crippen LogP contribution in [0.15, 0.2) is 190 Å². The van der Waals surface area contributed by atoms with Gasteiger partial charge >= 0.3 is 0 Å². The quantitative estimate of drug-likeness (QED) is 0.175. The lowest BCUT2D eigenvalue weighted by molar-refractivity contribution is 0.361. The molecule has 1 aromatic heterocycles. The smallest absolute Gasteiger partial charge is 0.177 e. The van der Waals surface area contributed by atoms with Gasteiger partial charge in [-0.2, -0.15) is 10.0 Å². The summed E-state index contributed by atoms with van der Waals surface area (Å²) in [5, 5.41) is 2.16. The van der Waals surface area contributed by atoms with Crippen molar-refractivity contribution in [3.8, 4) is 56.8 Å². The van der Waals surface area contributed by atoms with Gasteiger partial charge in [0.05, 0.1) is 0 Å². The van der Waals surface area contributed by atoms with Crippen LogP contribution in [0.3, 0.4) is 0 Å². The number of ether oxygens (including phenoxy) is 3. The number of benzene rings is 8. The number of hydrogen-bond acceptors (Lipinski definition) is 5. The maximum absolute atomic E-state index is 6.67. The molecule has 0 spiro atoms. The van der Waals surface area contributed by atoms with Gasteiger partial charge in [-0.05, 0) is 109 Å². The Kier molecular flexibility index (Phi) is 7.31. The summed E-state index contributed by atoms with van der Waals surface area (Å²) in [5.41, 5.74) is 8.99. The van der Waals surface area contributed by atoms with Gasteiger partial charge in [-0.1, -0.05) is 91.0 Å². The minimum Gasteiger partial charge on any atom is -0.456 e. The number of nitrogens with zero attached hydrogens (tertiary/aromatic N) is 1. The van der Waals surface area contributed by atoms with Crippen molar-refractivity contribution < 1.29 is 18.6 Å². The second kappa shape index (κ2) is 12.6. The summed E-state index contributed by atoms with van der Waals surface area (Å²) in [5.74, 6) is 4.73. The van der Waals surface area contributed by atoms with E-state index in [2.05, 4.69) is 145 Å². The molecule has 11 rings (SSSR count). The first-order valence-corrected chi connectivity index (χ1v) is 21.1. The molecule has 0 N–H and O–H groups in total. The molecule has 2 aliphatic heterocycles. The number of hydrogen-bond donors (Lipinski definition) is 0. The molecule has 0 fully saturated rings. The SMILES string of the molecule is CS1(C)c2ccccc2Oc2c(-c3ccc(N(c4ccc(-c5cccc6c5Oc5ccccc5O6)cc4)c4ccc5oc6ccccc6c5c4)cc3)cccc21. The molecule has 0 atom stereocenters. The third-order valence-corrected chi connectivity index (χ3v) is 13.7. The van der Waals surface area contributed by atoms with Gasteiger partial charge in [-0.15, -0.1) is 0 Å².